The van der Waals surface area contributed by atoms with Gasteiger partial charge in [-0.2, -0.15) is 0 Å². The van der Waals surface area contributed by atoms with Gasteiger partial charge in [0.05, 0.1) is 48.6 Å². The van der Waals surface area contributed by atoms with Crippen LogP contribution in [-0.4, -0.2) is 179 Å². The normalized spacial score (nSPS) is 39.2. The number of methoxy groups -OCH3 is 2. The maximum atomic E-state index is 14.6. The van der Waals surface area contributed by atoms with Crippen LogP contribution in [0.2, 0.25) is 0 Å². The Morgan fingerprint density at radius 2 is 1.62 bits per heavy atom. The number of ether oxygens (including phenoxy) is 8. The first kappa shape index (κ1) is 61.6. The first-order valence-corrected chi connectivity index (χ1v) is 26.7. The molecule has 5 N–H and O–H groups in total. The van der Waals surface area contributed by atoms with Crippen molar-refractivity contribution in [2.45, 2.75) is 225 Å². The van der Waals surface area contributed by atoms with E-state index in [1.165, 1.54) is 21.1 Å². The number of aliphatic hydroxyl groups is 4. The highest BCUT2D eigenvalue weighted by molar-refractivity contribution is 5.98. The van der Waals surface area contributed by atoms with Gasteiger partial charge < -0.3 is 73.2 Å². The number of carbonyl (C=O) groups is 3. The van der Waals surface area contributed by atoms with Crippen LogP contribution in [0.1, 0.15) is 148 Å². The van der Waals surface area contributed by atoms with E-state index in [1.54, 1.807) is 41.5 Å². The topological polar surface area (TPSA) is 233 Å². The number of benzene rings is 1. The highest BCUT2D eigenvalue weighted by Crippen LogP contribution is 2.44. The molecule has 0 saturated carbocycles. The zero-order chi connectivity index (χ0) is 55.5. The molecule has 0 amide bonds. The second-order valence-electron chi connectivity index (χ2n) is 23.3. The fraction of sp³-hybridized carbons (Fsp3) is 0.804. The summed E-state index contributed by atoms with van der Waals surface area (Å²) in [5.74, 6) is -3.59. The van der Waals surface area contributed by atoms with E-state index >= 15 is 0 Å². The molecule has 0 bridgehead atoms. The number of aromatic hydroxyl groups is 1. The van der Waals surface area contributed by atoms with Gasteiger partial charge in [-0.25, -0.2) is 4.79 Å². The largest absolute Gasteiger partial charge is 0.507 e. The second kappa shape index (κ2) is 25.0. The number of phenols is 1. The Kier molecular flexibility index (Phi) is 20.8. The summed E-state index contributed by atoms with van der Waals surface area (Å²) in [6, 6.07) is -0.760. The molecule has 18 atom stereocenters. The van der Waals surface area contributed by atoms with Crippen molar-refractivity contribution in [3.8, 4) is 11.5 Å². The average Bonchev–Trinajstić information content (AvgIpc) is 3.73. The van der Waals surface area contributed by atoms with Crippen LogP contribution >= 0.6 is 0 Å². The lowest BCUT2D eigenvalue weighted by atomic mass is 9.77. The van der Waals surface area contributed by atoms with Crippen LogP contribution in [0.3, 0.4) is 0 Å². The number of allylic oxidation sites excluding steroid dienone is 2. The third kappa shape index (κ3) is 13.5. The third-order valence-corrected chi connectivity index (χ3v) is 16.9. The summed E-state index contributed by atoms with van der Waals surface area (Å²) in [5, 5.41) is 59.0. The quantitative estimate of drug-likeness (QED) is 0.104. The number of rotatable bonds is 15. The van der Waals surface area contributed by atoms with Crippen LogP contribution in [0.4, 0.5) is 0 Å². The van der Waals surface area contributed by atoms with Crippen molar-refractivity contribution in [1.29, 1.82) is 0 Å². The second-order valence-corrected chi connectivity index (χ2v) is 23.3. The summed E-state index contributed by atoms with van der Waals surface area (Å²) < 4.78 is 50.0. The first-order chi connectivity index (χ1) is 34.4. The van der Waals surface area contributed by atoms with Gasteiger partial charge >= 0.3 is 11.9 Å². The highest BCUT2D eigenvalue weighted by atomic mass is 16.7. The summed E-state index contributed by atoms with van der Waals surface area (Å²) >= 11 is 0. The highest BCUT2D eigenvalue weighted by Gasteiger charge is 2.53. The number of cyclic esters (lactones) is 2. The Bertz CT molecular complexity index is 2130. The monoisotopic (exact) mass is 1050 g/mol. The van der Waals surface area contributed by atoms with Crippen LogP contribution in [0, 0.1) is 30.6 Å². The van der Waals surface area contributed by atoms with E-state index in [1.807, 2.05) is 66.7 Å². The maximum Gasteiger partial charge on any atom is 0.342 e. The zero-order valence-corrected chi connectivity index (χ0v) is 47.4. The van der Waals surface area contributed by atoms with Crippen molar-refractivity contribution >= 4 is 17.7 Å². The van der Waals surface area contributed by atoms with Gasteiger partial charge in [0.1, 0.15) is 53.4 Å². The van der Waals surface area contributed by atoms with Crippen LogP contribution < -0.4 is 4.74 Å². The van der Waals surface area contributed by atoms with Crippen LogP contribution in [0.25, 0.3) is 0 Å². The molecule has 3 saturated heterocycles. The van der Waals surface area contributed by atoms with Gasteiger partial charge in [0.2, 0.25) is 0 Å². The smallest absolute Gasteiger partial charge is 0.342 e. The molecule has 3 fully saturated rings. The lowest BCUT2D eigenvalue weighted by Crippen LogP contribution is -2.60. The number of hydrogen-bond acceptors (Lipinski definition) is 18. The molecular formula is C56H92N2O16. The molecule has 18 nitrogen and oxygen atoms in total. The lowest BCUT2D eigenvalue weighted by Gasteiger charge is -2.49. The van der Waals surface area contributed by atoms with E-state index in [0.29, 0.717) is 36.3 Å². The molecule has 4 aliphatic heterocycles. The number of aliphatic hydroxyl groups excluding tert-OH is 2. The number of carbonyl (C=O) groups excluding carboxylic acids is 3. The number of likely N-dealkylation sites (N-methyl/N-ethyl adjacent to an activating group) is 1. The number of Topliss-reactive ketones (excluding diaryl/α,β-unsaturated/α-hetero) is 1. The predicted molar refractivity (Wildman–Crippen MR) is 276 cm³/mol. The molecule has 0 spiro atoms. The summed E-state index contributed by atoms with van der Waals surface area (Å²) in [5.41, 5.74) is -1.70. The Morgan fingerprint density at radius 1 is 0.959 bits per heavy atom. The van der Waals surface area contributed by atoms with E-state index in [0.717, 1.165) is 11.1 Å². The van der Waals surface area contributed by atoms with Gasteiger partial charge in [-0.05, 0) is 127 Å². The minimum atomic E-state index is -1.85. The maximum absolute atomic E-state index is 14.6. The number of fused-ring (bicyclic) bond motifs is 1. The van der Waals surface area contributed by atoms with Gasteiger partial charge in [0.15, 0.2) is 12.6 Å². The lowest BCUT2D eigenvalue weighted by molar-refractivity contribution is -0.313. The molecule has 1 aromatic carbocycles. The SMILES string of the molecule is CC[C@H]1OC(=O)[C@H](C)[C@@H](O[C@H]2C[C@@](C)(OC)[C@@H](O)[C@H](C)O2)[C@H](C)[C@@H](O[C@@H]2O[C@H](C)CC(N(C)C)[C@H]2CC(=O)CC/C(C)=C/Cc2c(O)c3c(c(C)c2OC)COC3=O)[C@](C)(O)C[C@@H](C)CN(C)[C@H](C)[C@@H](O)[C@]1(C)O. The molecule has 74 heavy (non-hydrogen) atoms. The molecule has 1 aromatic rings. The van der Waals surface area contributed by atoms with E-state index in [-0.39, 0.29) is 80.3 Å². The minimum Gasteiger partial charge on any atom is -0.507 e. The van der Waals surface area contributed by atoms with Gasteiger partial charge in [-0.15, -0.1) is 0 Å². The molecule has 4 aliphatic rings. The zero-order valence-electron chi connectivity index (χ0n) is 47.4. The average molecular weight is 1050 g/mol. The van der Waals surface area contributed by atoms with E-state index in [2.05, 4.69) is 4.90 Å². The number of ketones is 1. The van der Waals surface area contributed by atoms with Gasteiger partial charge in [0, 0.05) is 68.0 Å². The number of phenolic OH excluding ortho intramolecular Hbond substituents is 1. The van der Waals surface area contributed by atoms with E-state index in [4.69, 9.17) is 37.9 Å². The van der Waals surface area contributed by atoms with Crippen LogP contribution in [-0.2, 0) is 55.8 Å². The van der Waals surface area contributed by atoms with Crippen molar-refractivity contribution in [2.75, 3.05) is 41.9 Å². The molecule has 0 aromatic heterocycles. The number of hydrogen-bond donors (Lipinski definition) is 5. The number of nitrogens with zero attached hydrogens (tertiary/aromatic N) is 2. The fourth-order valence-corrected chi connectivity index (χ4v) is 12.2. The Labute approximate surface area is 440 Å². The third-order valence-electron chi connectivity index (χ3n) is 16.9. The summed E-state index contributed by atoms with van der Waals surface area (Å²) in [4.78, 5) is 45.4. The van der Waals surface area contributed by atoms with Crippen molar-refractivity contribution in [1.82, 2.24) is 9.80 Å². The molecule has 422 valence electrons. The van der Waals surface area contributed by atoms with Gasteiger partial charge in [0.25, 0.3) is 0 Å². The van der Waals surface area contributed by atoms with Crippen molar-refractivity contribution in [2.24, 2.45) is 23.7 Å². The standard InChI is InChI=1S/C56H92N2O16/c1-18-42-56(12,66)48(61)35(8)58(15)27-30(3)25-54(10,65)50(33(6)46(34(7)51(63)72-42)73-43-26-55(11,68-17)49(62)36(9)71-43)74-53-39(41(57(13)14)23-31(4)70-53)24-37(59)21-19-29(2)20-22-38-45(60)44-40(28-69-52(44)64)32(5)47(38)67-16/h20,30-31,33-36,39,41-43,46,48-50,53,60-62,65-66H,18-19,21-28H2,1-17H3/b29-20+/t30-,31-,33+,34-,35-,36+,39-,41?,42-,43+,46+,48-,49+,50-,53+,54-,55-,56-/m1/s1. The predicted octanol–water partition coefficient (Wildman–Crippen LogP) is 5.78. The number of esters is 2. The summed E-state index contributed by atoms with van der Waals surface area (Å²) in [7, 11) is 8.78. The Balaban J connectivity index is 1.51. The van der Waals surface area contributed by atoms with Gasteiger partial charge in [-0.1, -0.05) is 32.4 Å². The molecule has 0 aliphatic carbocycles. The molecular weight excluding hydrogens is 957 g/mol. The van der Waals surface area contributed by atoms with Gasteiger partial charge in [-0.3, -0.25) is 9.59 Å². The molecule has 1 unspecified atom stereocenters. The first-order valence-electron chi connectivity index (χ1n) is 26.7. The van der Waals surface area contributed by atoms with E-state index in [9.17, 15) is 39.9 Å². The molecule has 4 heterocycles. The molecule has 0 radical (unpaired) electrons. The molecule has 5 rings (SSSR count). The summed E-state index contributed by atoms with van der Waals surface area (Å²) in [6.07, 6.45) is -4.67. The van der Waals surface area contributed by atoms with Crippen molar-refractivity contribution < 1.29 is 77.8 Å². The van der Waals surface area contributed by atoms with Crippen LogP contribution in [0.15, 0.2) is 11.6 Å². The van der Waals surface area contributed by atoms with Crippen molar-refractivity contribution in [3.05, 3.63) is 33.9 Å². The molecule has 18 heteroatoms. The summed E-state index contributed by atoms with van der Waals surface area (Å²) in [6.45, 7) is 21.9. The van der Waals surface area contributed by atoms with Crippen molar-refractivity contribution in [3.63, 3.8) is 0 Å². The van der Waals surface area contributed by atoms with Crippen LogP contribution in [0.5, 0.6) is 11.5 Å². The van der Waals surface area contributed by atoms with E-state index < -0.39 is 102 Å². The fourth-order valence-electron chi connectivity index (χ4n) is 12.2. The Morgan fingerprint density at radius 3 is 2.23 bits per heavy atom. The Hall–Kier alpha value is -3.27. The minimum absolute atomic E-state index is 0.0290.